The summed E-state index contributed by atoms with van der Waals surface area (Å²) in [6.07, 6.45) is 3.99. The molecule has 2 saturated carbocycles. The van der Waals surface area contributed by atoms with Gasteiger partial charge in [-0.25, -0.2) is 0 Å². The summed E-state index contributed by atoms with van der Waals surface area (Å²) in [5.41, 5.74) is 0.767. The van der Waals surface area contributed by atoms with Crippen molar-refractivity contribution in [2.24, 2.45) is 34.5 Å². The fourth-order valence-electron chi connectivity index (χ4n) is 3.87. The maximum atomic E-state index is 9.34. The Morgan fingerprint density at radius 3 is 2.12 bits per heavy atom. The Labute approximate surface area is 101 Å². The summed E-state index contributed by atoms with van der Waals surface area (Å²) in [5.74, 6) is 3.38. The van der Waals surface area contributed by atoms with Gasteiger partial charge in [0.1, 0.15) is 0 Å². The Morgan fingerprint density at radius 1 is 1.12 bits per heavy atom. The van der Waals surface area contributed by atoms with E-state index in [9.17, 15) is 5.11 Å². The second-order valence-electron chi connectivity index (χ2n) is 7.47. The third-order valence-corrected chi connectivity index (χ3v) is 6.20. The molecule has 0 heterocycles. The first kappa shape index (κ1) is 12.4. The van der Waals surface area contributed by atoms with Crippen LogP contribution in [0.25, 0.3) is 0 Å². The lowest BCUT2D eigenvalue weighted by Gasteiger charge is -2.32. The van der Waals surface area contributed by atoms with Crippen LogP contribution in [-0.4, -0.2) is 11.7 Å². The quantitative estimate of drug-likeness (QED) is 0.774. The van der Waals surface area contributed by atoms with E-state index in [1.165, 1.54) is 19.3 Å². The Balaban J connectivity index is 1.97. The molecule has 2 unspecified atom stereocenters. The van der Waals surface area contributed by atoms with Gasteiger partial charge in [-0.15, -0.1) is 0 Å². The Kier molecular flexibility index (Phi) is 2.89. The number of aliphatic hydroxyl groups is 1. The van der Waals surface area contributed by atoms with Crippen LogP contribution in [0.4, 0.5) is 0 Å². The Hall–Kier alpha value is -0.0400. The van der Waals surface area contributed by atoms with Gasteiger partial charge < -0.3 is 5.11 Å². The Morgan fingerprint density at radius 2 is 1.75 bits per heavy atom. The van der Waals surface area contributed by atoms with Crippen LogP contribution in [0.5, 0.6) is 0 Å². The lowest BCUT2D eigenvalue weighted by Crippen LogP contribution is -2.25. The van der Waals surface area contributed by atoms with Crippen molar-refractivity contribution >= 4 is 0 Å². The van der Waals surface area contributed by atoms with E-state index in [0.717, 1.165) is 23.7 Å². The second kappa shape index (κ2) is 3.73. The highest BCUT2D eigenvalue weighted by atomic mass is 16.3. The van der Waals surface area contributed by atoms with Gasteiger partial charge in [-0.05, 0) is 53.8 Å². The van der Waals surface area contributed by atoms with E-state index in [-0.39, 0.29) is 5.41 Å². The van der Waals surface area contributed by atoms with Gasteiger partial charge in [0.25, 0.3) is 0 Å². The van der Waals surface area contributed by atoms with Gasteiger partial charge in [0.2, 0.25) is 0 Å². The minimum atomic E-state index is 0.269. The van der Waals surface area contributed by atoms with Crippen LogP contribution < -0.4 is 0 Å². The van der Waals surface area contributed by atoms with E-state index in [4.69, 9.17) is 0 Å². The summed E-state index contributed by atoms with van der Waals surface area (Å²) in [5, 5.41) is 9.34. The monoisotopic (exact) mass is 224 g/mol. The van der Waals surface area contributed by atoms with Crippen molar-refractivity contribution < 1.29 is 5.11 Å². The molecule has 0 bridgehead atoms. The van der Waals surface area contributed by atoms with Crippen molar-refractivity contribution in [3.05, 3.63) is 0 Å². The molecule has 2 aliphatic rings. The van der Waals surface area contributed by atoms with Crippen LogP contribution >= 0.6 is 0 Å². The fourth-order valence-corrected chi connectivity index (χ4v) is 3.87. The van der Waals surface area contributed by atoms with Gasteiger partial charge in [0, 0.05) is 6.61 Å². The third-order valence-electron chi connectivity index (χ3n) is 6.20. The van der Waals surface area contributed by atoms with Crippen LogP contribution in [0.2, 0.25) is 0 Å². The van der Waals surface area contributed by atoms with Crippen LogP contribution in [0, 0.1) is 34.5 Å². The zero-order valence-corrected chi connectivity index (χ0v) is 11.6. The number of aliphatic hydroxyl groups excluding tert-OH is 1. The lowest BCUT2D eigenvalue weighted by atomic mass is 9.73. The van der Waals surface area contributed by atoms with Crippen molar-refractivity contribution in [1.29, 1.82) is 0 Å². The van der Waals surface area contributed by atoms with Crippen molar-refractivity contribution in [1.82, 2.24) is 0 Å². The van der Waals surface area contributed by atoms with E-state index in [0.29, 0.717) is 12.0 Å². The van der Waals surface area contributed by atoms with Crippen molar-refractivity contribution in [3.8, 4) is 0 Å². The normalized spacial score (nSPS) is 50.6. The molecule has 1 heteroatoms. The summed E-state index contributed by atoms with van der Waals surface area (Å²) in [6, 6.07) is 0. The van der Waals surface area contributed by atoms with Crippen molar-refractivity contribution in [2.45, 2.75) is 53.9 Å². The molecule has 2 rings (SSSR count). The van der Waals surface area contributed by atoms with E-state index < -0.39 is 0 Å². The second-order valence-corrected chi connectivity index (χ2v) is 7.47. The number of hydrogen-bond acceptors (Lipinski definition) is 1. The zero-order valence-electron chi connectivity index (χ0n) is 11.6. The smallest absolute Gasteiger partial charge is 0.0487 e. The molecule has 0 saturated heterocycles. The first-order chi connectivity index (χ1) is 7.31. The molecule has 94 valence electrons. The first-order valence-corrected chi connectivity index (χ1v) is 6.92. The summed E-state index contributed by atoms with van der Waals surface area (Å²) < 4.78 is 0. The average molecular weight is 224 g/mol. The van der Waals surface area contributed by atoms with Crippen molar-refractivity contribution in [3.63, 3.8) is 0 Å². The summed E-state index contributed by atoms with van der Waals surface area (Å²) in [7, 11) is 0. The molecule has 5 atom stereocenters. The predicted molar refractivity (Wildman–Crippen MR) is 68.1 cm³/mol. The molecule has 0 aromatic heterocycles. The molecule has 2 fully saturated rings. The maximum absolute atomic E-state index is 9.34. The largest absolute Gasteiger partial charge is 0.396 e. The van der Waals surface area contributed by atoms with Crippen molar-refractivity contribution in [2.75, 3.05) is 6.61 Å². The molecule has 0 amide bonds. The molecular weight excluding hydrogens is 196 g/mol. The van der Waals surface area contributed by atoms with Crippen LogP contribution in [0.15, 0.2) is 0 Å². The Bertz CT molecular complexity index is 271. The van der Waals surface area contributed by atoms with E-state index in [1.807, 2.05) is 0 Å². The molecule has 16 heavy (non-hydrogen) atoms. The van der Waals surface area contributed by atoms with Gasteiger partial charge >= 0.3 is 0 Å². The molecular formula is C15H28O. The van der Waals surface area contributed by atoms with Crippen LogP contribution in [-0.2, 0) is 0 Å². The van der Waals surface area contributed by atoms with Gasteiger partial charge in [-0.3, -0.25) is 0 Å². The molecule has 0 aliphatic heterocycles. The summed E-state index contributed by atoms with van der Waals surface area (Å²) >= 11 is 0. The molecule has 1 N–H and O–H groups in total. The summed E-state index contributed by atoms with van der Waals surface area (Å²) in [4.78, 5) is 0. The highest BCUT2D eigenvalue weighted by Crippen LogP contribution is 2.60. The van der Waals surface area contributed by atoms with Gasteiger partial charge in [0.15, 0.2) is 0 Å². The average Bonchev–Trinajstić information content (AvgIpc) is 2.82. The maximum Gasteiger partial charge on any atom is 0.0487 e. The van der Waals surface area contributed by atoms with E-state index >= 15 is 0 Å². The van der Waals surface area contributed by atoms with Gasteiger partial charge in [-0.1, -0.05) is 34.6 Å². The van der Waals surface area contributed by atoms with E-state index in [1.54, 1.807) is 0 Å². The zero-order chi connectivity index (χ0) is 12.1. The number of rotatable bonds is 3. The van der Waals surface area contributed by atoms with Crippen LogP contribution in [0.1, 0.15) is 53.9 Å². The predicted octanol–water partition coefficient (Wildman–Crippen LogP) is 3.71. The minimum Gasteiger partial charge on any atom is -0.396 e. The van der Waals surface area contributed by atoms with Gasteiger partial charge in [0.05, 0.1) is 0 Å². The SMILES string of the molecule is C[C@@H]1[C@@H](C)C[C@H](CC2CC2(C)CO)C1(C)C. The van der Waals surface area contributed by atoms with Crippen LogP contribution in [0.3, 0.4) is 0 Å². The lowest BCUT2D eigenvalue weighted by molar-refractivity contribution is 0.157. The topological polar surface area (TPSA) is 20.2 Å². The number of hydrogen-bond donors (Lipinski definition) is 1. The molecule has 0 spiro atoms. The summed E-state index contributed by atoms with van der Waals surface area (Å²) in [6.45, 7) is 12.4. The standard InChI is InChI=1S/C15H28O/c1-10-6-12(14(3,4)11(10)2)7-13-8-15(13,5)9-16/h10-13,16H,6-9H2,1-5H3/t10-,11+,12+,13?,15?/m0/s1. The molecule has 2 aliphatic carbocycles. The molecule has 0 aromatic rings. The van der Waals surface area contributed by atoms with Gasteiger partial charge in [-0.2, -0.15) is 0 Å². The highest BCUT2D eigenvalue weighted by molar-refractivity contribution is 5.03. The highest BCUT2D eigenvalue weighted by Gasteiger charge is 2.53. The fraction of sp³-hybridized carbons (Fsp3) is 1.00. The third kappa shape index (κ3) is 1.81. The molecule has 1 nitrogen and oxygen atoms in total. The molecule has 0 aromatic carbocycles. The first-order valence-electron chi connectivity index (χ1n) is 6.92. The molecule has 0 radical (unpaired) electrons. The van der Waals surface area contributed by atoms with E-state index in [2.05, 4.69) is 34.6 Å². The minimum absolute atomic E-state index is 0.269.